The van der Waals surface area contributed by atoms with Crippen LogP contribution in [0.15, 0.2) is 54.6 Å². The number of rotatable bonds is 4. The minimum atomic E-state index is -0.664. The SMILES string of the molecule is Cc1ccccc1C(=O)N1[C@H]2CC[C@@H]1[C@](Cc1ccccc1)(C(N)=O)C2. The molecule has 2 bridgehead atoms. The quantitative estimate of drug-likeness (QED) is 0.923. The van der Waals surface area contributed by atoms with E-state index in [0.29, 0.717) is 12.8 Å². The summed E-state index contributed by atoms with van der Waals surface area (Å²) in [5.74, 6) is -0.247. The van der Waals surface area contributed by atoms with Gasteiger partial charge in [0.1, 0.15) is 0 Å². The van der Waals surface area contributed by atoms with Gasteiger partial charge in [-0.05, 0) is 49.8 Å². The van der Waals surface area contributed by atoms with Crippen LogP contribution >= 0.6 is 0 Å². The molecule has 2 fully saturated rings. The van der Waals surface area contributed by atoms with E-state index in [1.54, 1.807) is 0 Å². The fourth-order valence-electron chi connectivity index (χ4n) is 4.94. The highest BCUT2D eigenvalue weighted by Gasteiger charge is 2.60. The van der Waals surface area contributed by atoms with Crippen LogP contribution in [0.25, 0.3) is 0 Å². The van der Waals surface area contributed by atoms with Crippen LogP contribution in [0, 0.1) is 12.3 Å². The van der Waals surface area contributed by atoms with Crippen LogP contribution in [0.3, 0.4) is 0 Å². The van der Waals surface area contributed by atoms with E-state index >= 15 is 0 Å². The van der Waals surface area contributed by atoms with Crippen molar-refractivity contribution in [2.24, 2.45) is 11.1 Å². The molecule has 4 rings (SSSR count). The van der Waals surface area contributed by atoms with Crippen molar-refractivity contribution in [3.63, 3.8) is 0 Å². The van der Waals surface area contributed by atoms with Gasteiger partial charge in [-0.3, -0.25) is 9.59 Å². The molecule has 0 unspecified atom stereocenters. The van der Waals surface area contributed by atoms with Gasteiger partial charge in [0.05, 0.1) is 5.41 Å². The maximum absolute atomic E-state index is 13.3. The molecular weight excluding hydrogens is 324 g/mol. The smallest absolute Gasteiger partial charge is 0.254 e. The highest BCUT2D eigenvalue weighted by Crippen LogP contribution is 2.52. The number of nitrogens with two attached hydrogens (primary N) is 1. The molecule has 3 atom stereocenters. The monoisotopic (exact) mass is 348 g/mol. The van der Waals surface area contributed by atoms with Crippen molar-refractivity contribution in [1.29, 1.82) is 0 Å². The van der Waals surface area contributed by atoms with Gasteiger partial charge in [0.25, 0.3) is 5.91 Å². The Morgan fingerprint density at radius 1 is 1.08 bits per heavy atom. The number of primary amides is 1. The first-order valence-electron chi connectivity index (χ1n) is 9.25. The van der Waals surface area contributed by atoms with Crippen molar-refractivity contribution in [3.8, 4) is 0 Å². The topological polar surface area (TPSA) is 63.4 Å². The molecule has 0 aromatic heterocycles. The lowest BCUT2D eigenvalue weighted by Gasteiger charge is -2.34. The highest BCUT2D eigenvalue weighted by atomic mass is 16.2. The second kappa shape index (κ2) is 6.27. The van der Waals surface area contributed by atoms with Gasteiger partial charge >= 0.3 is 0 Å². The second-order valence-corrected chi connectivity index (χ2v) is 7.66. The van der Waals surface area contributed by atoms with E-state index in [1.807, 2.05) is 66.4 Å². The summed E-state index contributed by atoms with van der Waals surface area (Å²) in [6.45, 7) is 1.95. The van der Waals surface area contributed by atoms with Gasteiger partial charge < -0.3 is 10.6 Å². The number of hydrogen-bond acceptors (Lipinski definition) is 2. The average molecular weight is 348 g/mol. The Kier molecular flexibility index (Phi) is 4.06. The van der Waals surface area contributed by atoms with Gasteiger partial charge in [-0.15, -0.1) is 0 Å². The zero-order valence-corrected chi connectivity index (χ0v) is 15.0. The zero-order valence-electron chi connectivity index (χ0n) is 15.0. The molecule has 0 spiro atoms. The average Bonchev–Trinajstić information content (AvgIpc) is 3.19. The predicted molar refractivity (Wildman–Crippen MR) is 101 cm³/mol. The van der Waals surface area contributed by atoms with E-state index in [2.05, 4.69) is 0 Å². The maximum atomic E-state index is 13.3. The summed E-state index contributed by atoms with van der Waals surface area (Å²) in [5, 5.41) is 0. The van der Waals surface area contributed by atoms with Crippen LogP contribution in [0.2, 0.25) is 0 Å². The Hall–Kier alpha value is -2.62. The van der Waals surface area contributed by atoms with Gasteiger partial charge in [0.2, 0.25) is 5.91 Å². The molecule has 0 radical (unpaired) electrons. The number of carbonyl (C=O) groups is 2. The number of fused-ring (bicyclic) bond motifs is 2. The first kappa shape index (κ1) is 16.8. The largest absolute Gasteiger partial charge is 0.369 e. The minimum absolute atomic E-state index is 0.0341. The number of carbonyl (C=O) groups excluding carboxylic acids is 2. The lowest BCUT2D eigenvalue weighted by molar-refractivity contribution is -0.129. The molecule has 0 saturated carbocycles. The van der Waals surface area contributed by atoms with Crippen molar-refractivity contribution in [3.05, 3.63) is 71.3 Å². The van der Waals surface area contributed by atoms with Gasteiger partial charge in [-0.2, -0.15) is 0 Å². The molecule has 2 aliphatic heterocycles. The van der Waals surface area contributed by atoms with Gasteiger partial charge in [-0.25, -0.2) is 0 Å². The van der Waals surface area contributed by atoms with Gasteiger partial charge in [-0.1, -0.05) is 48.5 Å². The second-order valence-electron chi connectivity index (χ2n) is 7.66. The van der Waals surface area contributed by atoms with Crippen molar-refractivity contribution in [1.82, 2.24) is 4.90 Å². The lowest BCUT2D eigenvalue weighted by Crippen LogP contribution is -2.49. The summed E-state index contributed by atoms with van der Waals surface area (Å²) < 4.78 is 0. The third kappa shape index (κ3) is 2.52. The standard InChI is InChI=1S/C22H24N2O2/c1-15-7-5-6-10-18(15)20(25)24-17-11-12-19(24)22(14-17,21(23)26)13-16-8-3-2-4-9-16/h2-10,17,19H,11-14H2,1H3,(H2,23,26)/t17-,19+,22+/m0/s1. The normalized spacial score (nSPS) is 26.9. The summed E-state index contributed by atoms with van der Waals surface area (Å²) in [7, 11) is 0. The van der Waals surface area contributed by atoms with E-state index in [9.17, 15) is 9.59 Å². The lowest BCUT2D eigenvalue weighted by atomic mass is 9.69. The molecule has 134 valence electrons. The molecule has 2 N–H and O–H groups in total. The molecule has 2 aromatic carbocycles. The summed E-state index contributed by atoms with van der Waals surface area (Å²) in [6, 6.07) is 17.6. The Bertz CT molecular complexity index is 848. The molecule has 2 aromatic rings. The van der Waals surface area contributed by atoms with Crippen LogP contribution in [0.5, 0.6) is 0 Å². The van der Waals surface area contributed by atoms with E-state index < -0.39 is 5.41 Å². The van der Waals surface area contributed by atoms with Gasteiger partial charge in [0, 0.05) is 17.6 Å². The first-order valence-corrected chi connectivity index (χ1v) is 9.25. The Morgan fingerprint density at radius 2 is 1.77 bits per heavy atom. The third-order valence-corrected chi connectivity index (χ3v) is 6.20. The van der Waals surface area contributed by atoms with Crippen molar-refractivity contribution < 1.29 is 9.59 Å². The van der Waals surface area contributed by atoms with Gasteiger partial charge in [0.15, 0.2) is 0 Å². The van der Waals surface area contributed by atoms with Crippen LogP contribution in [0.4, 0.5) is 0 Å². The molecular formula is C22H24N2O2. The Morgan fingerprint density at radius 3 is 2.46 bits per heavy atom. The summed E-state index contributed by atoms with van der Waals surface area (Å²) >= 11 is 0. The zero-order chi connectivity index (χ0) is 18.3. The predicted octanol–water partition coefficient (Wildman–Crippen LogP) is 3.09. The maximum Gasteiger partial charge on any atom is 0.254 e. The molecule has 0 aliphatic carbocycles. The first-order chi connectivity index (χ1) is 12.5. The summed E-state index contributed by atoms with van der Waals surface area (Å²) in [5.41, 5.74) is 8.05. The fourth-order valence-corrected chi connectivity index (χ4v) is 4.94. The molecule has 2 heterocycles. The number of amides is 2. The third-order valence-electron chi connectivity index (χ3n) is 6.20. The van der Waals surface area contributed by atoms with Crippen molar-refractivity contribution >= 4 is 11.8 Å². The molecule has 4 heteroatoms. The van der Waals surface area contributed by atoms with Crippen LogP contribution in [-0.2, 0) is 11.2 Å². The number of aryl methyl sites for hydroxylation is 1. The van der Waals surface area contributed by atoms with Crippen LogP contribution in [-0.4, -0.2) is 28.8 Å². The molecule has 2 saturated heterocycles. The Balaban J connectivity index is 1.69. The molecule has 2 aliphatic rings. The number of benzene rings is 2. The number of hydrogen-bond donors (Lipinski definition) is 1. The summed E-state index contributed by atoms with van der Waals surface area (Å²) in [4.78, 5) is 27.8. The number of nitrogens with zero attached hydrogens (tertiary/aromatic N) is 1. The van der Waals surface area contributed by atoms with E-state index in [0.717, 1.165) is 29.5 Å². The van der Waals surface area contributed by atoms with E-state index in [1.165, 1.54) is 0 Å². The van der Waals surface area contributed by atoms with Crippen LogP contribution in [0.1, 0.15) is 40.7 Å². The fraction of sp³-hybridized carbons (Fsp3) is 0.364. The van der Waals surface area contributed by atoms with Crippen LogP contribution < -0.4 is 5.73 Å². The van der Waals surface area contributed by atoms with Crippen molar-refractivity contribution in [2.75, 3.05) is 0 Å². The minimum Gasteiger partial charge on any atom is -0.369 e. The van der Waals surface area contributed by atoms with Crippen molar-refractivity contribution in [2.45, 2.75) is 44.7 Å². The Labute approximate surface area is 154 Å². The molecule has 2 amide bonds. The molecule has 4 nitrogen and oxygen atoms in total. The molecule has 26 heavy (non-hydrogen) atoms. The van der Waals surface area contributed by atoms with E-state index in [-0.39, 0.29) is 23.9 Å². The van der Waals surface area contributed by atoms with E-state index in [4.69, 9.17) is 5.73 Å². The summed E-state index contributed by atoms with van der Waals surface area (Å²) in [6.07, 6.45) is 3.06. The highest BCUT2D eigenvalue weighted by molar-refractivity contribution is 5.97.